The number of nitrogens with zero attached hydrogens (tertiary/aromatic N) is 1. The molecule has 1 saturated heterocycles. The summed E-state index contributed by atoms with van der Waals surface area (Å²) >= 11 is 0. The summed E-state index contributed by atoms with van der Waals surface area (Å²) in [6, 6.07) is 11.4. The molecule has 6 nitrogen and oxygen atoms in total. The van der Waals surface area contributed by atoms with E-state index >= 15 is 0 Å². The Bertz CT molecular complexity index is 960. The molecule has 2 atom stereocenters. The molecule has 0 aromatic heterocycles. The van der Waals surface area contributed by atoms with Crippen molar-refractivity contribution >= 4 is 21.6 Å². The minimum atomic E-state index is -3.72. The molecule has 150 valence electrons. The molecule has 0 saturated carbocycles. The summed E-state index contributed by atoms with van der Waals surface area (Å²) in [6.07, 6.45) is -0.0379. The molecule has 1 fully saturated rings. The first-order valence-electron chi connectivity index (χ1n) is 9.30. The monoisotopic (exact) mass is 402 g/mol. The van der Waals surface area contributed by atoms with E-state index in [0.717, 1.165) is 11.1 Å². The van der Waals surface area contributed by atoms with Gasteiger partial charge in [-0.1, -0.05) is 6.07 Å². The van der Waals surface area contributed by atoms with Crippen LogP contribution in [-0.4, -0.2) is 44.5 Å². The highest BCUT2D eigenvalue weighted by Gasteiger charge is 2.27. The summed E-state index contributed by atoms with van der Waals surface area (Å²) in [6.45, 7) is 8.82. The van der Waals surface area contributed by atoms with Gasteiger partial charge in [-0.05, 0) is 75.2 Å². The lowest BCUT2D eigenvalue weighted by Crippen LogP contribution is -2.48. The van der Waals surface area contributed by atoms with Gasteiger partial charge >= 0.3 is 0 Å². The highest BCUT2D eigenvalue weighted by Crippen LogP contribution is 2.20. The van der Waals surface area contributed by atoms with Crippen LogP contribution in [0, 0.1) is 13.8 Å². The molecule has 0 aliphatic carbocycles. The van der Waals surface area contributed by atoms with Gasteiger partial charge in [0.05, 0.1) is 17.1 Å². The maximum atomic E-state index is 12.7. The van der Waals surface area contributed by atoms with Crippen LogP contribution in [0.15, 0.2) is 47.4 Å². The highest BCUT2D eigenvalue weighted by molar-refractivity contribution is 7.92. The molecule has 2 aromatic carbocycles. The van der Waals surface area contributed by atoms with E-state index in [9.17, 15) is 13.2 Å². The van der Waals surface area contributed by atoms with Crippen LogP contribution in [0.1, 0.15) is 35.3 Å². The summed E-state index contributed by atoms with van der Waals surface area (Å²) in [5, 5.41) is 0. The summed E-state index contributed by atoms with van der Waals surface area (Å²) in [7, 11) is -3.72. The quantitative estimate of drug-likeness (QED) is 0.851. The topological polar surface area (TPSA) is 75.7 Å². The Hall–Kier alpha value is -2.38. The second-order valence-electron chi connectivity index (χ2n) is 7.40. The zero-order valence-corrected chi connectivity index (χ0v) is 17.4. The molecule has 28 heavy (non-hydrogen) atoms. The lowest BCUT2D eigenvalue weighted by atomic mass is 10.1. The smallest absolute Gasteiger partial charge is 0.261 e. The Morgan fingerprint density at radius 2 is 1.61 bits per heavy atom. The number of aryl methyl sites for hydroxylation is 2. The van der Waals surface area contributed by atoms with Crippen molar-refractivity contribution in [3.63, 3.8) is 0 Å². The van der Waals surface area contributed by atoms with Crippen LogP contribution in [0.4, 0.5) is 5.69 Å². The zero-order valence-electron chi connectivity index (χ0n) is 16.6. The van der Waals surface area contributed by atoms with Crippen LogP contribution < -0.4 is 4.72 Å². The van der Waals surface area contributed by atoms with Crippen molar-refractivity contribution in [3.05, 3.63) is 59.2 Å². The molecule has 2 aromatic rings. The van der Waals surface area contributed by atoms with Crippen molar-refractivity contribution in [3.8, 4) is 0 Å². The van der Waals surface area contributed by atoms with Gasteiger partial charge in [0.25, 0.3) is 15.9 Å². The minimum Gasteiger partial charge on any atom is -0.372 e. The number of sulfonamides is 1. The third-order valence-corrected chi connectivity index (χ3v) is 6.27. The number of amides is 1. The average molecular weight is 403 g/mol. The van der Waals surface area contributed by atoms with E-state index in [0.29, 0.717) is 24.3 Å². The number of carbonyl (C=O) groups is 1. The third kappa shape index (κ3) is 4.54. The SMILES string of the molecule is Cc1ccc(NS(=O)(=O)c2ccc(C(=O)N3CC(C)OC(C)C3)cc2)cc1C. The largest absolute Gasteiger partial charge is 0.372 e. The van der Waals surface area contributed by atoms with E-state index in [1.54, 1.807) is 29.2 Å². The fourth-order valence-electron chi connectivity index (χ4n) is 3.32. The van der Waals surface area contributed by atoms with Gasteiger partial charge in [-0.15, -0.1) is 0 Å². The predicted molar refractivity (Wildman–Crippen MR) is 109 cm³/mol. The number of rotatable bonds is 4. The second kappa shape index (κ2) is 7.93. The lowest BCUT2D eigenvalue weighted by molar-refractivity contribution is -0.0586. The van der Waals surface area contributed by atoms with Crippen LogP contribution in [0.2, 0.25) is 0 Å². The Kier molecular flexibility index (Phi) is 5.76. The van der Waals surface area contributed by atoms with Crippen LogP contribution in [0.5, 0.6) is 0 Å². The molecule has 1 aliphatic rings. The molecule has 7 heteroatoms. The highest BCUT2D eigenvalue weighted by atomic mass is 32.2. The molecular weight excluding hydrogens is 376 g/mol. The number of ether oxygens (including phenoxy) is 1. The minimum absolute atomic E-state index is 0.0190. The van der Waals surface area contributed by atoms with Crippen LogP contribution in [-0.2, 0) is 14.8 Å². The molecule has 1 amide bonds. The average Bonchev–Trinajstić information content (AvgIpc) is 2.63. The number of hydrogen-bond donors (Lipinski definition) is 1. The van der Waals surface area contributed by atoms with Crippen molar-refractivity contribution in [2.45, 2.75) is 44.8 Å². The fraction of sp³-hybridized carbons (Fsp3) is 0.381. The Labute approximate surface area is 166 Å². The van der Waals surface area contributed by atoms with Gasteiger partial charge in [0, 0.05) is 24.3 Å². The van der Waals surface area contributed by atoms with Crippen LogP contribution >= 0.6 is 0 Å². The number of morpholine rings is 1. The number of anilines is 1. The first kappa shape index (κ1) is 20.4. The van der Waals surface area contributed by atoms with E-state index in [1.165, 1.54) is 12.1 Å². The maximum Gasteiger partial charge on any atom is 0.261 e. The summed E-state index contributed by atoms with van der Waals surface area (Å²) in [5.41, 5.74) is 3.08. The number of benzene rings is 2. The maximum absolute atomic E-state index is 12.7. The van der Waals surface area contributed by atoms with E-state index in [4.69, 9.17) is 4.74 Å². The second-order valence-corrected chi connectivity index (χ2v) is 9.08. The molecule has 0 radical (unpaired) electrons. The van der Waals surface area contributed by atoms with Crippen molar-refractivity contribution in [1.82, 2.24) is 4.90 Å². The molecule has 1 aliphatic heterocycles. The first-order chi connectivity index (χ1) is 13.2. The van der Waals surface area contributed by atoms with Gasteiger partial charge in [0.15, 0.2) is 0 Å². The van der Waals surface area contributed by atoms with Crippen molar-refractivity contribution < 1.29 is 17.9 Å². The predicted octanol–water partition coefficient (Wildman–Crippen LogP) is 3.35. The molecule has 2 unspecified atom stereocenters. The summed E-state index contributed by atoms with van der Waals surface area (Å²) in [5.74, 6) is -0.118. The van der Waals surface area contributed by atoms with E-state index in [2.05, 4.69) is 4.72 Å². The molecule has 1 N–H and O–H groups in total. The summed E-state index contributed by atoms with van der Waals surface area (Å²) < 4.78 is 33.5. The van der Waals surface area contributed by atoms with E-state index in [-0.39, 0.29) is 23.0 Å². The van der Waals surface area contributed by atoms with Gasteiger partial charge in [0.1, 0.15) is 0 Å². The summed E-state index contributed by atoms with van der Waals surface area (Å²) in [4.78, 5) is 14.6. The normalized spacial score (nSPS) is 20.1. The zero-order chi connectivity index (χ0) is 20.5. The molecule has 0 bridgehead atoms. The molecule has 3 rings (SSSR count). The third-order valence-electron chi connectivity index (χ3n) is 4.88. The van der Waals surface area contributed by atoms with Crippen molar-refractivity contribution in [2.24, 2.45) is 0 Å². The van der Waals surface area contributed by atoms with E-state index < -0.39 is 10.0 Å². The molecule has 1 heterocycles. The van der Waals surface area contributed by atoms with Crippen LogP contribution in [0.25, 0.3) is 0 Å². The number of hydrogen-bond acceptors (Lipinski definition) is 4. The van der Waals surface area contributed by atoms with Gasteiger partial charge in [0.2, 0.25) is 0 Å². The van der Waals surface area contributed by atoms with Gasteiger partial charge in [-0.3, -0.25) is 9.52 Å². The number of carbonyl (C=O) groups excluding carboxylic acids is 1. The standard InChI is InChI=1S/C21H26N2O4S/c1-14-5-8-19(11-15(14)2)22-28(25,26)20-9-6-18(7-10-20)21(24)23-12-16(3)27-17(4)13-23/h5-11,16-17,22H,12-13H2,1-4H3. The Morgan fingerprint density at radius 1 is 1.00 bits per heavy atom. The van der Waals surface area contributed by atoms with E-state index in [1.807, 2.05) is 33.8 Å². The van der Waals surface area contributed by atoms with Crippen molar-refractivity contribution in [1.29, 1.82) is 0 Å². The fourth-order valence-corrected chi connectivity index (χ4v) is 4.37. The first-order valence-corrected chi connectivity index (χ1v) is 10.8. The Balaban J connectivity index is 1.75. The lowest BCUT2D eigenvalue weighted by Gasteiger charge is -2.35. The van der Waals surface area contributed by atoms with Crippen molar-refractivity contribution in [2.75, 3.05) is 17.8 Å². The van der Waals surface area contributed by atoms with Crippen LogP contribution in [0.3, 0.4) is 0 Å². The molecular formula is C21H26N2O4S. The molecule has 0 spiro atoms. The number of nitrogens with one attached hydrogen (secondary N) is 1. The van der Waals surface area contributed by atoms with Gasteiger partial charge < -0.3 is 9.64 Å². The van der Waals surface area contributed by atoms with Gasteiger partial charge in [-0.2, -0.15) is 0 Å². The van der Waals surface area contributed by atoms with Gasteiger partial charge in [-0.25, -0.2) is 8.42 Å². The Morgan fingerprint density at radius 3 is 2.18 bits per heavy atom.